The Morgan fingerprint density at radius 1 is 0.372 bits per heavy atom. The molecule has 0 bridgehead atoms. The van der Waals surface area contributed by atoms with Crippen LogP contribution in [-0.4, -0.2) is 193 Å². The Morgan fingerprint density at radius 3 is 1.06 bits per heavy atom. The van der Waals surface area contributed by atoms with Gasteiger partial charge in [-0.15, -0.1) is 0 Å². The van der Waals surface area contributed by atoms with Crippen molar-refractivity contribution in [2.45, 2.75) is 420 Å². The van der Waals surface area contributed by atoms with Crippen molar-refractivity contribution < 1.29 is 89.4 Å². The van der Waals surface area contributed by atoms with E-state index in [2.05, 4.69) is 31.3 Å². The smallest absolute Gasteiger partial charge is 0.220 e. The fraction of sp³-hybridized carbons (Fsp3) is 0.933. The molecule has 0 spiro atoms. The molecule has 0 aromatic carbocycles. The molecule has 0 aliphatic carbocycles. The van der Waals surface area contributed by atoms with Gasteiger partial charge in [-0.3, -0.25) is 4.79 Å². The Hall–Kier alpha value is -1.73. The second-order valence-corrected chi connectivity index (χ2v) is 27.8. The van der Waals surface area contributed by atoms with E-state index in [0.29, 0.717) is 12.8 Å². The molecule has 3 rings (SSSR count). The summed E-state index contributed by atoms with van der Waals surface area (Å²) in [6.07, 6.45) is 40.4. The largest absolute Gasteiger partial charge is 0.394 e. The molecule has 12 N–H and O–H groups in total. The van der Waals surface area contributed by atoms with E-state index >= 15 is 0 Å². The van der Waals surface area contributed by atoms with Crippen molar-refractivity contribution in [1.29, 1.82) is 0 Å². The van der Waals surface area contributed by atoms with Gasteiger partial charge in [0, 0.05) is 6.42 Å². The molecule has 3 heterocycles. The van der Waals surface area contributed by atoms with Crippen LogP contribution in [0.3, 0.4) is 0 Å². The van der Waals surface area contributed by atoms with Crippen LogP contribution in [0.1, 0.15) is 316 Å². The molecule has 0 aromatic heterocycles. The Labute approximate surface area is 568 Å². The molecule has 0 saturated carbocycles. The Kier molecular flexibility index (Phi) is 52.4. The van der Waals surface area contributed by atoms with E-state index in [-0.39, 0.29) is 18.9 Å². The molecule has 1 amide bonds. The van der Waals surface area contributed by atoms with Gasteiger partial charge >= 0.3 is 0 Å². The van der Waals surface area contributed by atoms with E-state index in [0.717, 1.165) is 38.5 Å². The number of rotatable bonds is 61. The first-order valence-corrected chi connectivity index (χ1v) is 38.6. The van der Waals surface area contributed by atoms with Gasteiger partial charge in [0.1, 0.15) is 73.2 Å². The molecule has 3 fully saturated rings. The van der Waals surface area contributed by atoms with E-state index in [1.165, 1.54) is 244 Å². The average Bonchev–Trinajstić information content (AvgIpc) is 0.787. The molecule has 17 atom stereocenters. The zero-order valence-electron chi connectivity index (χ0n) is 59.0. The number of amides is 1. The van der Waals surface area contributed by atoms with Gasteiger partial charge in [-0.25, -0.2) is 0 Å². The van der Waals surface area contributed by atoms with E-state index < -0.39 is 124 Å². The Balaban J connectivity index is 1.37. The maximum atomic E-state index is 13.4. The summed E-state index contributed by atoms with van der Waals surface area (Å²) in [4.78, 5) is 13.4. The number of allylic oxidation sites excluding steroid dienone is 3. The van der Waals surface area contributed by atoms with Crippen LogP contribution >= 0.6 is 0 Å². The highest BCUT2D eigenvalue weighted by Gasteiger charge is 2.53. The molecule has 19 heteroatoms. The number of hydrogen-bond donors (Lipinski definition) is 12. The lowest BCUT2D eigenvalue weighted by Crippen LogP contribution is -2.66. The van der Waals surface area contributed by atoms with Crippen LogP contribution in [0.5, 0.6) is 0 Å². The van der Waals surface area contributed by atoms with Crippen molar-refractivity contribution >= 4 is 5.91 Å². The van der Waals surface area contributed by atoms with Crippen molar-refractivity contribution in [3.8, 4) is 0 Å². The molecular weight excluding hydrogens is 1200 g/mol. The molecule has 0 aromatic rings. The van der Waals surface area contributed by atoms with Crippen LogP contribution in [0.25, 0.3) is 0 Å². The third-order valence-corrected chi connectivity index (χ3v) is 19.5. The lowest BCUT2D eigenvalue weighted by molar-refractivity contribution is -0.379. The van der Waals surface area contributed by atoms with Gasteiger partial charge in [0.2, 0.25) is 5.91 Å². The van der Waals surface area contributed by atoms with Crippen LogP contribution < -0.4 is 5.32 Å². The topological polar surface area (TPSA) is 307 Å². The van der Waals surface area contributed by atoms with Gasteiger partial charge in [0.05, 0.1) is 38.6 Å². The third-order valence-electron chi connectivity index (χ3n) is 19.5. The lowest BCUT2D eigenvalue weighted by Gasteiger charge is -2.48. The van der Waals surface area contributed by atoms with Crippen LogP contribution in [0, 0.1) is 0 Å². The third kappa shape index (κ3) is 37.6. The highest BCUT2D eigenvalue weighted by Crippen LogP contribution is 2.33. The van der Waals surface area contributed by atoms with Gasteiger partial charge in [-0.05, 0) is 32.1 Å². The number of carbonyl (C=O) groups is 1. The second-order valence-electron chi connectivity index (χ2n) is 27.8. The maximum absolute atomic E-state index is 13.4. The highest BCUT2D eigenvalue weighted by molar-refractivity contribution is 5.76. The fourth-order valence-corrected chi connectivity index (χ4v) is 13.3. The number of unbranched alkanes of at least 4 members (excludes halogenated alkanes) is 43. The predicted molar refractivity (Wildman–Crippen MR) is 370 cm³/mol. The van der Waals surface area contributed by atoms with Gasteiger partial charge < -0.3 is 89.9 Å². The van der Waals surface area contributed by atoms with Crippen molar-refractivity contribution in [1.82, 2.24) is 5.32 Å². The van der Waals surface area contributed by atoms with Crippen LogP contribution in [0.15, 0.2) is 24.3 Å². The van der Waals surface area contributed by atoms with Crippen LogP contribution in [0.2, 0.25) is 0 Å². The summed E-state index contributed by atoms with van der Waals surface area (Å²) in [6, 6.07) is -0.987. The van der Waals surface area contributed by atoms with Crippen molar-refractivity contribution in [2.75, 3.05) is 26.4 Å². The fourth-order valence-electron chi connectivity index (χ4n) is 13.3. The summed E-state index contributed by atoms with van der Waals surface area (Å²) in [6.45, 7) is 1.76. The van der Waals surface area contributed by atoms with Crippen LogP contribution in [-0.2, 0) is 33.2 Å². The van der Waals surface area contributed by atoms with Gasteiger partial charge in [0.25, 0.3) is 0 Å². The van der Waals surface area contributed by atoms with Gasteiger partial charge in [0.15, 0.2) is 18.9 Å². The summed E-state index contributed by atoms with van der Waals surface area (Å²) in [7, 11) is 0. The summed E-state index contributed by atoms with van der Waals surface area (Å²) in [5.41, 5.74) is 0. The van der Waals surface area contributed by atoms with E-state index in [9.17, 15) is 61.0 Å². The number of hydrogen-bond acceptors (Lipinski definition) is 18. The number of carbonyl (C=O) groups excluding carboxylic acids is 1. The Morgan fingerprint density at radius 2 is 0.681 bits per heavy atom. The summed E-state index contributed by atoms with van der Waals surface area (Å²) >= 11 is 0. The molecule has 19 nitrogen and oxygen atoms in total. The SMILES string of the molecule is CCCCCCCCCCCCCCCCCCCCCCCCCCCCC/C=C/CC/C=C/C(O)C(COC1OC(CO)C(OC2OC(CO)C(OC3OC(CO)C(O)C(O)C3O)C(O)C2O)C(O)C1O)NC(=O)CCCCCCCCCCCCCCCCCC. The molecule has 554 valence electrons. The molecule has 3 aliphatic heterocycles. The molecule has 94 heavy (non-hydrogen) atoms. The van der Waals surface area contributed by atoms with Crippen molar-refractivity contribution in [2.24, 2.45) is 0 Å². The number of aliphatic hydroxyl groups is 11. The highest BCUT2D eigenvalue weighted by atomic mass is 16.8. The summed E-state index contributed by atoms with van der Waals surface area (Å²) in [5, 5.41) is 121. The summed E-state index contributed by atoms with van der Waals surface area (Å²) < 4.78 is 34.4. The second kappa shape index (κ2) is 57.0. The lowest BCUT2D eigenvalue weighted by atomic mass is 9.96. The van der Waals surface area contributed by atoms with E-state index in [4.69, 9.17) is 28.4 Å². The minimum absolute atomic E-state index is 0.240. The first kappa shape index (κ1) is 86.5. The maximum Gasteiger partial charge on any atom is 0.220 e. The molecule has 0 radical (unpaired) electrons. The first-order chi connectivity index (χ1) is 45.8. The van der Waals surface area contributed by atoms with E-state index in [1.807, 2.05) is 6.08 Å². The van der Waals surface area contributed by atoms with Gasteiger partial charge in [-0.1, -0.05) is 301 Å². The average molecular weight is 1340 g/mol. The minimum Gasteiger partial charge on any atom is -0.394 e. The first-order valence-electron chi connectivity index (χ1n) is 38.6. The quantitative estimate of drug-likeness (QED) is 0.0199. The standard InChI is InChI=1S/C75H141NO18/c1-3-5-7-9-11-13-15-17-19-21-22-23-24-25-26-27-28-29-30-31-32-33-34-35-36-37-38-40-42-44-46-48-50-52-59(80)58(76-63(81)53-51-49-47-45-43-41-39-20-18-16-14-12-10-8-6-4-2)57-89-73-69(87)66(84)71(61(55-78)91-73)94-75-70(88)67(85)72(62(56-79)92-75)93-74-68(86)65(83)64(82)60(54-77)90-74/h42,44,50,52,58-62,64-75,77-80,82-88H,3-41,43,45-49,51,53-57H2,1-2H3,(H,76,81)/b44-42+,52-50+. The normalized spacial score (nSPS) is 27.4. The van der Waals surface area contributed by atoms with Gasteiger partial charge in [-0.2, -0.15) is 0 Å². The van der Waals surface area contributed by atoms with Crippen LogP contribution in [0.4, 0.5) is 0 Å². The van der Waals surface area contributed by atoms with E-state index in [1.54, 1.807) is 6.08 Å². The Bertz CT molecular complexity index is 1800. The molecule has 3 saturated heterocycles. The molecule has 17 unspecified atom stereocenters. The zero-order chi connectivity index (χ0) is 68.2. The summed E-state index contributed by atoms with van der Waals surface area (Å²) in [5.74, 6) is -0.280. The number of ether oxygens (including phenoxy) is 6. The zero-order valence-corrected chi connectivity index (χ0v) is 59.0. The van der Waals surface area contributed by atoms with Crippen molar-refractivity contribution in [3.63, 3.8) is 0 Å². The monoisotopic (exact) mass is 1340 g/mol. The van der Waals surface area contributed by atoms with Crippen molar-refractivity contribution in [3.05, 3.63) is 24.3 Å². The number of nitrogens with one attached hydrogen (secondary N) is 1. The minimum atomic E-state index is -1.98. The molecular formula is C75H141NO18. The number of aliphatic hydroxyl groups excluding tert-OH is 11. The predicted octanol–water partition coefficient (Wildman–Crippen LogP) is 11.8. The molecule has 3 aliphatic rings.